The summed E-state index contributed by atoms with van der Waals surface area (Å²) in [7, 11) is 7.95. The van der Waals surface area contributed by atoms with Crippen molar-refractivity contribution in [1.29, 1.82) is 0 Å². The maximum absolute atomic E-state index is 12.7. The third-order valence-electron chi connectivity index (χ3n) is 5.40. The summed E-state index contributed by atoms with van der Waals surface area (Å²) < 4.78 is 26.8. The molecule has 1 amide bonds. The van der Waals surface area contributed by atoms with Gasteiger partial charge in [0.2, 0.25) is 11.7 Å². The van der Waals surface area contributed by atoms with Crippen LogP contribution in [0.15, 0.2) is 36.4 Å². The predicted molar refractivity (Wildman–Crippen MR) is 123 cm³/mol. The lowest BCUT2D eigenvalue weighted by atomic mass is 10.1. The van der Waals surface area contributed by atoms with E-state index in [1.807, 2.05) is 23.1 Å². The Morgan fingerprint density at radius 3 is 1.78 bits per heavy atom. The molecule has 2 aromatic carbocycles. The molecule has 0 atom stereocenters. The number of carbonyl (C=O) groups excluding carboxylic acids is 1. The molecule has 32 heavy (non-hydrogen) atoms. The van der Waals surface area contributed by atoms with Crippen molar-refractivity contribution in [2.45, 2.75) is 0 Å². The molecule has 172 valence electrons. The molecule has 0 radical (unpaired) electrons. The maximum Gasteiger partial charge on any atom is 0.246 e. The monoisotopic (exact) mass is 442 g/mol. The van der Waals surface area contributed by atoms with E-state index in [2.05, 4.69) is 4.90 Å². The second kappa shape index (κ2) is 10.7. The molecule has 0 aromatic heterocycles. The van der Waals surface area contributed by atoms with Crippen molar-refractivity contribution in [2.24, 2.45) is 0 Å². The van der Waals surface area contributed by atoms with Gasteiger partial charge < -0.3 is 33.5 Å². The molecule has 1 saturated heterocycles. The third-order valence-corrected chi connectivity index (χ3v) is 5.40. The number of piperazine rings is 1. The Labute approximate surface area is 188 Å². The van der Waals surface area contributed by atoms with E-state index in [4.69, 9.17) is 23.7 Å². The van der Waals surface area contributed by atoms with Gasteiger partial charge in [-0.15, -0.1) is 0 Å². The topological polar surface area (TPSA) is 69.7 Å². The van der Waals surface area contributed by atoms with Crippen molar-refractivity contribution in [2.75, 3.05) is 66.6 Å². The Kier molecular flexibility index (Phi) is 7.70. The van der Waals surface area contributed by atoms with Gasteiger partial charge in [0.15, 0.2) is 11.5 Å². The number of methoxy groups -OCH3 is 5. The summed E-state index contributed by atoms with van der Waals surface area (Å²) in [4.78, 5) is 16.8. The van der Waals surface area contributed by atoms with E-state index >= 15 is 0 Å². The highest BCUT2D eigenvalue weighted by Gasteiger charge is 2.21. The highest BCUT2D eigenvalue weighted by atomic mass is 16.5. The average molecular weight is 443 g/mol. The Bertz CT molecular complexity index is 920. The van der Waals surface area contributed by atoms with Gasteiger partial charge in [0.25, 0.3) is 0 Å². The molecular weight excluding hydrogens is 412 g/mol. The van der Waals surface area contributed by atoms with E-state index < -0.39 is 0 Å². The number of carbonyl (C=O) groups is 1. The smallest absolute Gasteiger partial charge is 0.246 e. The van der Waals surface area contributed by atoms with Crippen LogP contribution in [0.2, 0.25) is 0 Å². The fourth-order valence-corrected chi connectivity index (χ4v) is 3.63. The Morgan fingerprint density at radius 2 is 1.31 bits per heavy atom. The Hall–Kier alpha value is -3.55. The van der Waals surface area contributed by atoms with Crippen LogP contribution in [0.25, 0.3) is 6.08 Å². The molecule has 2 aromatic rings. The molecular formula is C24H30N2O6. The van der Waals surface area contributed by atoms with E-state index in [0.29, 0.717) is 30.3 Å². The number of hydrogen-bond donors (Lipinski definition) is 0. The molecule has 0 spiro atoms. The van der Waals surface area contributed by atoms with Gasteiger partial charge in [-0.3, -0.25) is 4.79 Å². The number of amides is 1. The summed E-state index contributed by atoms with van der Waals surface area (Å²) in [5.41, 5.74) is 1.80. The molecule has 1 fully saturated rings. The van der Waals surface area contributed by atoms with Gasteiger partial charge in [-0.05, 0) is 23.8 Å². The molecule has 0 unspecified atom stereocenters. The number of hydrogen-bond acceptors (Lipinski definition) is 7. The number of rotatable bonds is 8. The minimum Gasteiger partial charge on any atom is -0.497 e. The summed E-state index contributed by atoms with van der Waals surface area (Å²) >= 11 is 0. The van der Waals surface area contributed by atoms with E-state index in [1.54, 1.807) is 59.8 Å². The summed E-state index contributed by atoms with van der Waals surface area (Å²) in [6.07, 6.45) is 3.33. The Balaban J connectivity index is 1.66. The summed E-state index contributed by atoms with van der Waals surface area (Å²) in [6, 6.07) is 9.41. The number of nitrogens with zero attached hydrogens (tertiary/aromatic N) is 2. The molecule has 1 aliphatic heterocycles. The average Bonchev–Trinajstić information content (AvgIpc) is 2.86. The van der Waals surface area contributed by atoms with Crippen molar-refractivity contribution in [1.82, 2.24) is 4.90 Å². The van der Waals surface area contributed by atoms with Crippen LogP contribution in [0.5, 0.6) is 28.7 Å². The summed E-state index contributed by atoms with van der Waals surface area (Å²) in [5, 5.41) is 0. The quantitative estimate of drug-likeness (QED) is 0.582. The van der Waals surface area contributed by atoms with Crippen molar-refractivity contribution >= 4 is 17.7 Å². The minimum atomic E-state index is -0.0402. The Morgan fingerprint density at radius 1 is 0.750 bits per heavy atom. The van der Waals surface area contributed by atoms with Crippen molar-refractivity contribution in [3.63, 3.8) is 0 Å². The van der Waals surface area contributed by atoms with Crippen molar-refractivity contribution in [3.05, 3.63) is 42.0 Å². The fourth-order valence-electron chi connectivity index (χ4n) is 3.63. The highest BCUT2D eigenvalue weighted by Crippen LogP contribution is 2.38. The van der Waals surface area contributed by atoms with E-state index in [-0.39, 0.29) is 5.91 Å². The molecule has 0 saturated carbocycles. The standard InChI is InChI=1S/C24H30N2O6/c1-28-19-14-18(15-20(16-19)29-2)25-8-10-26(11-9-25)23(27)7-6-17-12-21(30-3)24(32-5)22(13-17)31-4/h6-7,12-16H,8-11H2,1-5H3/b7-6+. The first-order valence-corrected chi connectivity index (χ1v) is 10.3. The van der Waals surface area contributed by atoms with Crippen molar-refractivity contribution < 1.29 is 28.5 Å². The van der Waals surface area contributed by atoms with Crippen LogP contribution < -0.4 is 28.6 Å². The van der Waals surface area contributed by atoms with Gasteiger partial charge in [0, 0.05) is 56.1 Å². The minimum absolute atomic E-state index is 0.0402. The third kappa shape index (κ3) is 5.19. The first kappa shape index (κ1) is 23.1. The van der Waals surface area contributed by atoms with Crippen LogP contribution in [0, 0.1) is 0 Å². The number of ether oxygens (including phenoxy) is 5. The van der Waals surface area contributed by atoms with E-state index in [0.717, 1.165) is 35.8 Å². The molecule has 0 aliphatic carbocycles. The van der Waals surface area contributed by atoms with Gasteiger partial charge in [-0.1, -0.05) is 0 Å². The highest BCUT2D eigenvalue weighted by molar-refractivity contribution is 5.92. The van der Waals surface area contributed by atoms with Crippen LogP contribution in [0.4, 0.5) is 5.69 Å². The molecule has 0 N–H and O–H groups in total. The first-order chi connectivity index (χ1) is 15.5. The largest absolute Gasteiger partial charge is 0.497 e. The zero-order valence-electron chi connectivity index (χ0n) is 19.2. The van der Waals surface area contributed by atoms with Gasteiger partial charge in [0.1, 0.15) is 11.5 Å². The van der Waals surface area contributed by atoms with Gasteiger partial charge in [0.05, 0.1) is 35.5 Å². The number of anilines is 1. The summed E-state index contributed by atoms with van der Waals surface area (Å²) in [6.45, 7) is 2.69. The van der Waals surface area contributed by atoms with Crippen LogP contribution in [0.3, 0.4) is 0 Å². The normalized spacial score (nSPS) is 13.8. The second-order valence-electron chi connectivity index (χ2n) is 7.18. The lowest BCUT2D eigenvalue weighted by molar-refractivity contribution is -0.126. The molecule has 8 nitrogen and oxygen atoms in total. The van der Waals surface area contributed by atoms with Gasteiger partial charge in [-0.25, -0.2) is 0 Å². The van der Waals surface area contributed by atoms with Crippen LogP contribution in [-0.2, 0) is 4.79 Å². The van der Waals surface area contributed by atoms with Crippen LogP contribution in [0.1, 0.15) is 5.56 Å². The van der Waals surface area contributed by atoms with Crippen LogP contribution in [-0.4, -0.2) is 72.5 Å². The predicted octanol–water partition coefficient (Wildman–Crippen LogP) is 3.09. The zero-order valence-corrected chi connectivity index (χ0v) is 19.2. The van der Waals surface area contributed by atoms with E-state index in [1.165, 1.54) is 0 Å². The zero-order chi connectivity index (χ0) is 23.1. The first-order valence-electron chi connectivity index (χ1n) is 10.3. The molecule has 8 heteroatoms. The molecule has 1 aliphatic rings. The van der Waals surface area contributed by atoms with Crippen molar-refractivity contribution in [3.8, 4) is 28.7 Å². The van der Waals surface area contributed by atoms with E-state index in [9.17, 15) is 4.79 Å². The lowest BCUT2D eigenvalue weighted by Gasteiger charge is -2.36. The SMILES string of the molecule is COc1cc(OC)cc(N2CCN(C(=O)/C=C/c3cc(OC)c(OC)c(OC)c3)CC2)c1. The molecule has 0 bridgehead atoms. The summed E-state index contributed by atoms with van der Waals surface area (Å²) in [5.74, 6) is 3.05. The molecule has 3 rings (SSSR count). The van der Waals surface area contributed by atoms with Crippen LogP contribution >= 0.6 is 0 Å². The fraction of sp³-hybridized carbons (Fsp3) is 0.375. The molecule has 1 heterocycles. The lowest BCUT2D eigenvalue weighted by Crippen LogP contribution is -2.48. The second-order valence-corrected chi connectivity index (χ2v) is 7.18. The van der Waals surface area contributed by atoms with Gasteiger partial charge in [-0.2, -0.15) is 0 Å². The maximum atomic E-state index is 12.7. The number of benzene rings is 2. The van der Waals surface area contributed by atoms with Gasteiger partial charge >= 0.3 is 0 Å².